The van der Waals surface area contributed by atoms with Crippen molar-refractivity contribution in [1.82, 2.24) is 0 Å². The smallest absolute Gasteiger partial charge is 0.0683 e. The van der Waals surface area contributed by atoms with Gasteiger partial charge < -0.3 is 10.6 Å². The predicted octanol–water partition coefficient (Wildman–Crippen LogP) is 4.38. The molecular formula is C18H16N2S. The van der Waals surface area contributed by atoms with Crippen molar-refractivity contribution in [2.75, 3.05) is 10.6 Å². The van der Waals surface area contributed by atoms with E-state index in [2.05, 4.69) is 65.6 Å². The Kier molecular flexibility index (Phi) is 3.00. The van der Waals surface area contributed by atoms with Crippen LogP contribution in [0.4, 0.5) is 17.1 Å². The molecule has 0 saturated heterocycles. The highest BCUT2D eigenvalue weighted by atomic mass is 32.2. The number of nitrogens with two attached hydrogens (primary N) is 1. The summed E-state index contributed by atoms with van der Waals surface area (Å²) in [4.78, 5) is 3.74. The van der Waals surface area contributed by atoms with Crippen LogP contribution >= 0.6 is 11.8 Å². The lowest BCUT2D eigenvalue weighted by molar-refractivity contribution is 0.778. The zero-order valence-corrected chi connectivity index (χ0v) is 12.3. The number of allylic oxidation sites excluding steroid dienone is 2. The van der Waals surface area contributed by atoms with Crippen LogP contribution in [0.3, 0.4) is 0 Å². The van der Waals surface area contributed by atoms with Gasteiger partial charge in [0.05, 0.1) is 17.0 Å². The maximum atomic E-state index is 5.83. The number of nitrogen functional groups attached to an aromatic ring is 1. The SMILES string of the molecule is Nc1ccc(N2c3ccccc3SC3C=CC=CC32)cc1. The van der Waals surface area contributed by atoms with Gasteiger partial charge >= 0.3 is 0 Å². The van der Waals surface area contributed by atoms with Gasteiger partial charge in [-0.3, -0.25) is 0 Å². The van der Waals surface area contributed by atoms with Gasteiger partial charge in [-0.15, -0.1) is 11.8 Å². The largest absolute Gasteiger partial charge is 0.399 e. The summed E-state index contributed by atoms with van der Waals surface area (Å²) in [5.74, 6) is 0. The van der Waals surface area contributed by atoms with Gasteiger partial charge in [0, 0.05) is 16.3 Å². The van der Waals surface area contributed by atoms with Crippen molar-refractivity contribution in [3.8, 4) is 0 Å². The van der Waals surface area contributed by atoms with Gasteiger partial charge in [0.15, 0.2) is 0 Å². The molecule has 21 heavy (non-hydrogen) atoms. The molecule has 0 amide bonds. The van der Waals surface area contributed by atoms with Gasteiger partial charge in [-0.25, -0.2) is 0 Å². The summed E-state index contributed by atoms with van der Waals surface area (Å²) >= 11 is 1.94. The third-order valence-corrected chi connectivity index (χ3v) is 5.22. The average molecular weight is 292 g/mol. The van der Waals surface area contributed by atoms with E-state index in [0.717, 1.165) is 5.69 Å². The van der Waals surface area contributed by atoms with Crippen molar-refractivity contribution in [3.63, 3.8) is 0 Å². The monoisotopic (exact) mass is 292 g/mol. The predicted molar refractivity (Wildman–Crippen MR) is 91.1 cm³/mol. The molecule has 2 nitrogen and oxygen atoms in total. The summed E-state index contributed by atoms with van der Waals surface area (Å²) in [6.07, 6.45) is 8.85. The molecule has 2 atom stereocenters. The number of hydrogen-bond donors (Lipinski definition) is 1. The lowest BCUT2D eigenvalue weighted by Crippen LogP contribution is -2.40. The standard InChI is InChI=1S/C18H16N2S/c19-13-9-11-14(12-10-13)20-15-5-1-3-7-17(15)21-18-8-4-2-6-16(18)20/h1-12,15,17H,19H2. The van der Waals surface area contributed by atoms with Gasteiger partial charge in [0.1, 0.15) is 0 Å². The first-order valence-electron chi connectivity index (χ1n) is 7.08. The molecule has 2 aromatic rings. The van der Waals surface area contributed by atoms with Gasteiger partial charge in [-0.2, -0.15) is 0 Å². The lowest BCUT2D eigenvalue weighted by atomic mass is 10.0. The third kappa shape index (κ3) is 2.14. The third-order valence-electron chi connectivity index (χ3n) is 3.91. The van der Waals surface area contributed by atoms with Gasteiger partial charge in [0.25, 0.3) is 0 Å². The Labute approximate surface area is 129 Å². The molecule has 0 radical (unpaired) electrons. The second kappa shape index (κ2) is 5.01. The molecule has 2 aliphatic rings. The number of thioether (sulfide) groups is 1. The second-order valence-electron chi connectivity index (χ2n) is 5.27. The summed E-state index contributed by atoms with van der Waals surface area (Å²) < 4.78 is 0. The van der Waals surface area contributed by atoms with Crippen molar-refractivity contribution in [1.29, 1.82) is 0 Å². The lowest BCUT2D eigenvalue weighted by Gasteiger charge is -2.42. The highest BCUT2D eigenvalue weighted by Crippen LogP contribution is 2.46. The number of fused-ring (bicyclic) bond motifs is 2. The van der Waals surface area contributed by atoms with E-state index < -0.39 is 0 Å². The fraction of sp³-hybridized carbons (Fsp3) is 0.111. The minimum Gasteiger partial charge on any atom is -0.399 e. The first-order chi connectivity index (χ1) is 10.3. The number of anilines is 3. The van der Waals surface area contributed by atoms with E-state index in [0.29, 0.717) is 11.3 Å². The van der Waals surface area contributed by atoms with Gasteiger partial charge in [0.2, 0.25) is 0 Å². The van der Waals surface area contributed by atoms with Crippen molar-refractivity contribution in [2.45, 2.75) is 16.2 Å². The molecule has 104 valence electrons. The minimum atomic E-state index is 0.346. The fourth-order valence-corrected chi connectivity index (χ4v) is 4.18. The molecule has 0 aromatic heterocycles. The van der Waals surface area contributed by atoms with Crippen LogP contribution < -0.4 is 10.6 Å². The maximum absolute atomic E-state index is 5.83. The van der Waals surface area contributed by atoms with Crippen LogP contribution in [-0.2, 0) is 0 Å². The molecule has 2 unspecified atom stereocenters. The molecule has 1 aliphatic carbocycles. The van der Waals surface area contributed by atoms with Gasteiger partial charge in [-0.1, -0.05) is 36.4 Å². The highest BCUT2D eigenvalue weighted by Gasteiger charge is 2.33. The summed E-state index contributed by atoms with van der Waals surface area (Å²) in [5, 5.41) is 0.447. The summed E-state index contributed by atoms with van der Waals surface area (Å²) in [7, 11) is 0. The fourth-order valence-electron chi connectivity index (χ4n) is 2.93. The zero-order chi connectivity index (χ0) is 14.2. The van der Waals surface area contributed by atoms with E-state index in [4.69, 9.17) is 5.73 Å². The quantitative estimate of drug-likeness (QED) is 0.791. The molecular weight excluding hydrogens is 276 g/mol. The maximum Gasteiger partial charge on any atom is 0.0683 e. The van der Waals surface area contributed by atoms with Crippen molar-refractivity contribution in [2.24, 2.45) is 0 Å². The van der Waals surface area contributed by atoms with Crippen LogP contribution in [0.15, 0.2) is 77.7 Å². The molecule has 3 heteroatoms. The second-order valence-corrected chi connectivity index (χ2v) is 6.49. The molecule has 0 bridgehead atoms. The number of rotatable bonds is 1. The summed E-state index contributed by atoms with van der Waals surface area (Å²) in [5.41, 5.74) is 9.09. The van der Waals surface area contributed by atoms with Crippen LogP contribution in [0.5, 0.6) is 0 Å². The molecule has 0 fully saturated rings. The van der Waals surface area contributed by atoms with Crippen LogP contribution in [0.25, 0.3) is 0 Å². The number of nitrogens with zero attached hydrogens (tertiary/aromatic N) is 1. The first kappa shape index (κ1) is 12.6. The van der Waals surface area contributed by atoms with Crippen LogP contribution in [0.2, 0.25) is 0 Å². The van der Waals surface area contributed by atoms with Crippen LogP contribution in [0.1, 0.15) is 0 Å². The van der Waals surface area contributed by atoms with Crippen molar-refractivity contribution >= 4 is 28.8 Å². The molecule has 1 aliphatic heterocycles. The molecule has 1 heterocycles. The van der Waals surface area contributed by atoms with E-state index in [1.807, 2.05) is 23.9 Å². The minimum absolute atomic E-state index is 0.346. The van der Waals surface area contributed by atoms with E-state index in [1.54, 1.807) is 0 Å². The van der Waals surface area contributed by atoms with Crippen molar-refractivity contribution in [3.05, 3.63) is 72.8 Å². The number of benzene rings is 2. The van der Waals surface area contributed by atoms with Crippen LogP contribution in [-0.4, -0.2) is 11.3 Å². The van der Waals surface area contributed by atoms with Crippen LogP contribution in [0, 0.1) is 0 Å². The molecule has 0 spiro atoms. The highest BCUT2D eigenvalue weighted by molar-refractivity contribution is 8.00. The van der Waals surface area contributed by atoms with Gasteiger partial charge in [-0.05, 0) is 36.4 Å². The number of hydrogen-bond acceptors (Lipinski definition) is 3. The Balaban J connectivity index is 1.87. The molecule has 0 saturated carbocycles. The normalized spacial score (nSPS) is 22.8. The summed E-state index contributed by atoms with van der Waals surface area (Å²) in [6, 6.07) is 17.1. The Bertz CT molecular complexity index is 718. The summed E-state index contributed by atoms with van der Waals surface area (Å²) in [6.45, 7) is 0. The topological polar surface area (TPSA) is 29.3 Å². The molecule has 2 N–H and O–H groups in total. The Morgan fingerprint density at radius 2 is 1.67 bits per heavy atom. The Morgan fingerprint density at radius 1 is 0.905 bits per heavy atom. The van der Waals surface area contributed by atoms with E-state index in [1.165, 1.54) is 16.3 Å². The average Bonchev–Trinajstić information content (AvgIpc) is 2.53. The van der Waals surface area contributed by atoms with E-state index in [-0.39, 0.29) is 0 Å². The zero-order valence-electron chi connectivity index (χ0n) is 11.5. The first-order valence-corrected chi connectivity index (χ1v) is 7.96. The van der Waals surface area contributed by atoms with E-state index in [9.17, 15) is 0 Å². The Morgan fingerprint density at radius 3 is 2.52 bits per heavy atom. The molecule has 2 aromatic carbocycles. The Hall–Kier alpha value is -2.13. The molecule has 4 rings (SSSR count). The van der Waals surface area contributed by atoms with Crippen molar-refractivity contribution < 1.29 is 0 Å². The van der Waals surface area contributed by atoms with E-state index >= 15 is 0 Å². The number of para-hydroxylation sites is 1.